The first-order chi connectivity index (χ1) is 7.69. The maximum Gasteiger partial charge on any atom is 0.171 e. The van der Waals surface area contributed by atoms with Crippen molar-refractivity contribution in [1.82, 2.24) is 4.98 Å². The Labute approximate surface area is 106 Å². The normalized spacial score (nSPS) is 10.7. The van der Waals surface area contributed by atoms with Crippen molar-refractivity contribution in [2.45, 2.75) is 45.8 Å². The van der Waals surface area contributed by atoms with Gasteiger partial charge in [0.15, 0.2) is 5.78 Å². The van der Waals surface area contributed by atoms with Crippen LogP contribution in [-0.2, 0) is 12.2 Å². The number of Topliss-reactive ketones (excluding diaryl/α,β-unsaturated/α-hetero) is 1. The maximum atomic E-state index is 11.4. The van der Waals surface area contributed by atoms with Crippen molar-refractivity contribution >= 4 is 28.9 Å². The molecule has 1 aromatic rings. The number of hydrogen-bond acceptors (Lipinski definition) is 4. The molecule has 1 aromatic heterocycles. The second-order valence-electron chi connectivity index (χ2n) is 3.74. The number of ketones is 1. The van der Waals surface area contributed by atoms with E-state index in [0.29, 0.717) is 0 Å². The molecular weight excluding hydrogens is 238 g/mol. The molecule has 0 aliphatic rings. The van der Waals surface area contributed by atoms with Gasteiger partial charge < -0.3 is 0 Å². The highest BCUT2D eigenvalue weighted by atomic mass is 32.2. The predicted octanol–water partition coefficient (Wildman–Crippen LogP) is 3.94. The molecule has 0 spiro atoms. The van der Waals surface area contributed by atoms with Crippen LogP contribution in [0.4, 0.5) is 0 Å². The van der Waals surface area contributed by atoms with Gasteiger partial charge in [0, 0.05) is 12.7 Å². The number of carbonyl (C=O) groups is 1. The van der Waals surface area contributed by atoms with E-state index in [0.717, 1.165) is 39.9 Å². The molecule has 0 aromatic carbocycles. The van der Waals surface area contributed by atoms with E-state index in [1.54, 1.807) is 18.3 Å². The van der Waals surface area contributed by atoms with E-state index in [1.807, 2.05) is 11.8 Å². The Morgan fingerprint density at radius 3 is 2.69 bits per heavy atom. The lowest BCUT2D eigenvalue weighted by molar-refractivity contribution is 0.102. The highest BCUT2D eigenvalue weighted by Crippen LogP contribution is 2.24. The fourth-order valence-electron chi connectivity index (χ4n) is 1.45. The van der Waals surface area contributed by atoms with Gasteiger partial charge in [-0.25, -0.2) is 4.98 Å². The van der Waals surface area contributed by atoms with Gasteiger partial charge in [0.1, 0.15) is 5.01 Å². The summed E-state index contributed by atoms with van der Waals surface area (Å²) in [5, 5.41) is 1.10. The fraction of sp³-hybridized carbons (Fsp3) is 0.667. The lowest BCUT2D eigenvalue weighted by Crippen LogP contribution is -1.95. The summed E-state index contributed by atoms with van der Waals surface area (Å²) in [7, 11) is 0. The first kappa shape index (κ1) is 13.7. The highest BCUT2D eigenvalue weighted by Gasteiger charge is 2.13. The van der Waals surface area contributed by atoms with Crippen molar-refractivity contribution in [1.29, 1.82) is 0 Å². The van der Waals surface area contributed by atoms with Gasteiger partial charge in [-0.2, -0.15) is 11.8 Å². The van der Waals surface area contributed by atoms with E-state index in [-0.39, 0.29) is 5.78 Å². The zero-order chi connectivity index (χ0) is 12.0. The van der Waals surface area contributed by atoms with Crippen LogP contribution < -0.4 is 0 Å². The first-order valence-corrected chi connectivity index (χ1v) is 7.73. The predicted molar refractivity (Wildman–Crippen MR) is 72.6 cm³/mol. The zero-order valence-corrected chi connectivity index (χ0v) is 11.8. The molecule has 0 N–H and O–H groups in total. The van der Waals surface area contributed by atoms with E-state index >= 15 is 0 Å². The van der Waals surface area contributed by atoms with Crippen LogP contribution in [-0.4, -0.2) is 16.5 Å². The summed E-state index contributed by atoms with van der Waals surface area (Å²) in [6.07, 6.45) is 3.16. The standard InChI is InChI=1S/C12H19NOS2/c1-4-6-10-12(9(3)14)16-11(13-10)8-15-7-5-2/h4-8H2,1-3H3. The summed E-state index contributed by atoms with van der Waals surface area (Å²) in [4.78, 5) is 16.9. The van der Waals surface area contributed by atoms with Gasteiger partial charge in [-0.3, -0.25) is 4.79 Å². The molecule has 0 unspecified atom stereocenters. The number of aryl methyl sites for hydroxylation is 1. The Bertz CT molecular complexity index is 347. The number of aromatic nitrogens is 1. The minimum absolute atomic E-state index is 0.160. The average Bonchev–Trinajstić information content (AvgIpc) is 2.62. The van der Waals surface area contributed by atoms with Crippen LogP contribution in [0.5, 0.6) is 0 Å². The summed E-state index contributed by atoms with van der Waals surface area (Å²) in [5.41, 5.74) is 1.01. The lowest BCUT2D eigenvalue weighted by atomic mass is 10.2. The molecule has 4 heteroatoms. The summed E-state index contributed by atoms with van der Waals surface area (Å²) in [6.45, 7) is 5.93. The van der Waals surface area contributed by atoms with Crippen molar-refractivity contribution in [2.24, 2.45) is 0 Å². The minimum Gasteiger partial charge on any atom is -0.294 e. The lowest BCUT2D eigenvalue weighted by Gasteiger charge is -1.94. The molecule has 2 nitrogen and oxygen atoms in total. The van der Waals surface area contributed by atoms with Crippen LogP contribution >= 0.6 is 23.1 Å². The van der Waals surface area contributed by atoms with E-state index in [4.69, 9.17) is 0 Å². The van der Waals surface area contributed by atoms with Gasteiger partial charge >= 0.3 is 0 Å². The number of carbonyl (C=O) groups excluding carboxylic acids is 1. The molecule has 1 rings (SSSR count). The van der Waals surface area contributed by atoms with Gasteiger partial charge in [-0.15, -0.1) is 11.3 Å². The molecule has 0 fully saturated rings. The molecule has 0 saturated carbocycles. The fourth-order valence-corrected chi connectivity index (χ4v) is 3.41. The molecule has 0 aliphatic carbocycles. The van der Waals surface area contributed by atoms with Gasteiger partial charge in [-0.1, -0.05) is 20.3 Å². The van der Waals surface area contributed by atoms with E-state index in [9.17, 15) is 4.79 Å². The number of thiazole rings is 1. The highest BCUT2D eigenvalue weighted by molar-refractivity contribution is 7.98. The second-order valence-corrected chi connectivity index (χ2v) is 5.93. The van der Waals surface area contributed by atoms with Crippen LogP contribution in [0, 0.1) is 0 Å². The van der Waals surface area contributed by atoms with Crippen molar-refractivity contribution in [3.63, 3.8) is 0 Å². The van der Waals surface area contributed by atoms with E-state index in [2.05, 4.69) is 18.8 Å². The number of nitrogens with zero attached hydrogens (tertiary/aromatic N) is 1. The average molecular weight is 257 g/mol. The smallest absolute Gasteiger partial charge is 0.171 e. The summed E-state index contributed by atoms with van der Waals surface area (Å²) >= 11 is 3.47. The quantitative estimate of drug-likeness (QED) is 0.547. The maximum absolute atomic E-state index is 11.4. The third-order valence-electron chi connectivity index (χ3n) is 2.12. The molecule has 0 radical (unpaired) electrons. The summed E-state index contributed by atoms with van der Waals surface area (Å²) in [5.74, 6) is 2.27. The van der Waals surface area contributed by atoms with E-state index in [1.165, 1.54) is 6.42 Å². The SMILES string of the molecule is CCCSCc1nc(CCC)c(C(C)=O)s1. The van der Waals surface area contributed by atoms with Crippen molar-refractivity contribution in [2.75, 3.05) is 5.75 Å². The largest absolute Gasteiger partial charge is 0.294 e. The molecular formula is C12H19NOS2. The monoisotopic (exact) mass is 257 g/mol. The minimum atomic E-state index is 0.160. The number of thioether (sulfide) groups is 1. The van der Waals surface area contributed by atoms with Crippen LogP contribution in [0.15, 0.2) is 0 Å². The molecule has 0 bridgehead atoms. The molecule has 0 atom stereocenters. The zero-order valence-electron chi connectivity index (χ0n) is 10.2. The number of rotatable bonds is 7. The van der Waals surface area contributed by atoms with Crippen molar-refractivity contribution in [3.8, 4) is 0 Å². The molecule has 0 saturated heterocycles. The van der Waals surface area contributed by atoms with Crippen molar-refractivity contribution < 1.29 is 4.79 Å². The van der Waals surface area contributed by atoms with Gasteiger partial charge in [0.25, 0.3) is 0 Å². The van der Waals surface area contributed by atoms with E-state index < -0.39 is 0 Å². The van der Waals surface area contributed by atoms with Gasteiger partial charge in [-0.05, 0) is 18.6 Å². The summed E-state index contributed by atoms with van der Waals surface area (Å²) in [6, 6.07) is 0. The third kappa shape index (κ3) is 3.91. The first-order valence-electron chi connectivity index (χ1n) is 5.76. The molecule has 0 aliphatic heterocycles. The molecule has 90 valence electrons. The van der Waals surface area contributed by atoms with Gasteiger partial charge in [0.05, 0.1) is 10.6 Å². The Morgan fingerprint density at radius 2 is 2.12 bits per heavy atom. The Morgan fingerprint density at radius 1 is 1.38 bits per heavy atom. The van der Waals surface area contributed by atoms with Gasteiger partial charge in [0.2, 0.25) is 0 Å². The van der Waals surface area contributed by atoms with Crippen LogP contribution in [0.3, 0.4) is 0 Å². The van der Waals surface area contributed by atoms with Crippen molar-refractivity contribution in [3.05, 3.63) is 15.6 Å². The van der Waals surface area contributed by atoms with Crippen LogP contribution in [0.2, 0.25) is 0 Å². The second kappa shape index (κ2) is 7.07. The third-order valence-corrected chi connectivity index (χ3v) is 4.68. The Kier molecular flexibility index (Phi) is 6.06. The van der Waals surface area contributed by atoms with Crippen LogP contribution in [0.25, 0.3) is 0 Å². The summed E-state index contributed by atoms with van der Waals surface area (Å²) < 4.78 is 0. The van der Waals surface area contributed by atoms with Crippen LogP contribution in [0.1, 0.15) is 54.0 Å². The molecule has 0 amide bonds. The Hall–Kier alpha value is -0.350. The topological polar surface area (TPSA) is 30.0 Å². The molecule has 1 heterocycles. The molecule has 16 heavy (non-hydrogen) atoms. The number of hydrogen-bond donors (Lipinski definition) is 0. The Balaban J connectivity index is 2.72.